The number of halogens is 2. The van der Waals surface area contributed by atoms with Crippen molar-refractivity contribution in [3.05, 3.63) is 11.4 Å². The highest BCUT2D eigenvalue weighted by Gasteiger charge is 2.21. The number of aromatic nitrogens is 3. The van der Waals surface area contributed by atoms with Crippen LogP contribution >= 0.6 is 0 Å². The molecule has 0 atom stereocenters. The molecule has 0 spiro atoms. The monoisotopic (exact) mass is 235 g/mol. The predicted octanol–water partition coefficient (Wildman–Crippen LogP) is 0.476. The first-order valence-electron chi connectivity index (χ1n) is 4.38. The Labute approximate surface area is 90.1 Å². The fourth-order valence-electron chi connectivity index (χ4n) is 1.14. The maximum Gasteiger partial charge on any atom is 0.360 e. The van der Waals surface area contributed by atoms with Gasteiger partial charge in [0, 0.05) is 7.11 Å². The zero-order chi connectivity index (χ0) is 12.1. The minimum atomic E-state index is -2.58. The summed E-state index contributed by atoms with van der Waals surface area (Å²) in [4.78, 5) is 11.2. The Balaban J connectivity index is 3.01. The predicted molar refractivity (Wildman–Crippen MR) is 48.1 cm³/mol. The Morgan fingerprint density at radius 3 is 2.69 bits per heavy atom. The van der Waals surface area contributed by atoms with E-state index in [4.69, 9.17) is 4.74 Å². The van der Waals surface area contributed by atoms with Crippen molar-refractivity contribution in [2.45, 2.75) is 19.6 Å². The molecule has 1 rings (SSSR count). The molecule has 90 valence electrons. The standard InChI is InChI=1S/C8H11F2N3O3/c1-15-4-5-7(8(14)16-2)11-12-13(5)3-6(9)10/h6H,3-4H2,1-2H3. The maximum absolute atomic E-state index is 12.2. The van der Waals surface area contributed by atoms with Crippen LogP contribution in [0.1, 0.15) is 16.2 Å². The van der Waals surface area contributed by atoms with Gasteiger partial charge in [0.05, 0.1) is 19.4 Å². The Kier molecular flexibility index (Phi) is 4.29. The summed E-state index contributed by atoms with van der Waals surface area (Å²) < 4.78 is 34.5. The highest BCUT2D eigenvalue weighted by Crippen LogP contribution is 2.10. The summed E-state index contributed by atoms with van der Waals surface area (Å²) in [6, 6.07) is 0. The number of esters is 1. The minimum absolute atomic E-state index is 0.0375. The van der Waals surface area contributed by atoms with Crippen molar-refractivity contribution in [3.8, 4) is 0 Å². The molecule has 1 heterocycles. The van der Waals surface area contributed by atoms with Crippen LogP contribution < -0.4 is 0 Å². The molecule has 1 aromatic rings. The Morgan fingerprint density at radius 2 is 2.19 bits per heavy atom. The molecular weight excluding hydrogens is 224 g/mol. The molecule has 0 N–H and O–H groups in total. The lowest BCUT2D eigenvalue weighted by Gasteiger charge is -2.05. The third-order valence-electron chi connectivity index (χ3n) is 1.81. The van der Waals surface area contributed by atoms with E-state index < -0.39 is 18.9 Å². The van der Waals surface area contributed by atoms with Crippen LogP contribution in [0.4, 0.5) is 8.78 Å². The molecule has 6 nitrogen and oxygen atoms in total. The molecule has 8 heteroatoms. The van der Waals surface area contributed by atoms with Crippen LogP contribution in [0.5, 0.6) is 0 Å². The SMILES string of the molecule is COCc1c(C(=O)OC)nnn1CC(F)F. The molecule has 0 aliphatic rings. The highest BCUT2D eigenvalue weighted by atomic mass is 19.3. The van der Waals surface area contributed by atoms with Crippen LogP contribution in [0.15, 0.2) is 0 Å². The number of hydrogen-bond acceptors (Lipinski definition) is 5. The van der Waals surface area contributed by atoms with Crippen LogP contribution in [-0.2, 0) is 22.6 Å². The van der Waals surface area contributed by atoms with Gasteiger partial charge in [-0.05, 0) is 0 Å². The summed E-state index contributed by atoms with van der Waals surface area (Å²) in [5.41, 5.74) is 0.0691. The zero-order valence-electron chi connectivity index (χ0n) is 8.81. The van der Waals surface area contributed by atoms with Crippen molar-refractivity contribution in [3.63, 3.8) is 0 Å². The summed E-state index contributed by atoms with van der Waals surface area (Å²) in [6.45, 7) is -0.674. The lowest BCUT2D eigenvalue weighted by atomic mass is 10.3. The quantitative estimate of drug-likeness (QED) is 0.694. The third kappa shape index (κ3) is 2.72. The van der Waals surface area contributed by atoms with Crippen LogP contribution in [0.25, 0.3) is 0 Å². The van der Waals surface area contributed by atoms with Gasteiger partial charge in [0.25, 0.3) is 6.43 Å². The normalized spacial score (nSPS) is 10.8. The first kappa shape index (κ1) is 12.5. The van der Waals surface area contributed by atoms with E-state index in [9.17, 15) is 13.6 Å². The third-order valence-corrected chi connectivity index (χ3v) is 1.81. The summed E-state index contributed by atoms with van der Waals surface area (Å²) in [7, 11) is 2.55. The lowest BCUT2D eigenvalue weighted by molar-refractivity contribution is 0.0587. The van der Waals surface area contributed by atoms with Gasteiger partial charge in [0.1, 0.15) is 6.54 Å². The molecule has 0 aliphatic heterocycles. The summed E-state index contributed by atoms with van der Waals surface area (Å²) >= 11 is 0. The molecule has 0 unspecified atom stereocenters. The van der Waals surface area contributed by atoms with Gasteiger partial charge < -0.3 is 9.47 Å². The molecule has 0 saturated carbocycles. The molecule has 0 bridgehead atoms. The molecule has 0 aliphatic carbocycles. The van der Waals surface area contributed by atoms with Crippen molar-refractivity contribution in [2.75, 3.05) is 14.2 Å². The van der Waals surface area contributed by atoms with E-state index >= 15 is 0 Å². The van der Waals surface area contributed by atoms with E-state index in [2.05, 4.69) is 15.0 Å². The fraction of sp³-hybridized carbons (Fsp3) is 0.625. The van der Waals surface area contributed by atoms with E-state index in [1.165, 1.54) is 14.2 Å². The summed E-state index contributed by atoms with van der Waals surface area (Å²) in [5.74, 6) is -0.729. The van der Waals surface area contributed by atoms with Gasteiger partial charge in [-0.25, -0.2) is 18.3 Å². The van der Waals surface area contributed by atoms with Gasteiger partial charge in [-0.3, -0.25) is 0 Å². The average molecular weight is 235 g/mol. The number of carbonyl (C=O) groups excluding carboxylic acids is 1. The van der Waals surface area contributed by atoms with Crippen molar-refractivity contribution in [1.82, 2.24) is 15.0 Å². The van der Waals surface area contributed by atoms with Gasteiger partial charge >= 0.3 is 5.97 Å². The number of alkyl halides is 2. The second-order valence-electron chi connectivity index (χ2n) is 2.88. The van der Waals surface area contributed by atoms with E-state index in [1.807, 2.05) is 0 Å². The van der Waals surface area contributed by atoms with Crippen LogP contribution in [0.2, 0.25) is 0 Å². The number of hydrogen-bond donors (Lipinski definition) is 0. The molecule has 0 amide bonds. The summed E-state index contributed by atoms with van der Waals surface area (Å²) in [6.07, 6.45) is -2.58. The number of carbonyl (C=O) groups is 1. The first-order chi connectivity index (χ1) is 7.60. The van der Waals surface area contributed by atoms with Crippen molar-refractivity contribution in [1.29, 1.82) is 0 Å². The van der Waals surface area contributed by atoms with Crippen LogP contribution in [-0.4, -0.2) is 41.6 Å². The largest absolute Gasteiger partial charge is 0.464 e. The first-order valence-corrected chi connectivity index (χ1v) is 4.38. The van der Waals surface area contributed by atoms with Gasteiger partial charge in [-0.1, -0.05) is 5.21 Å². The van der Waals surface area contributed by atoms with Gasteiger partial charge in [0.2, 0.25) is 0 Å². The molecular formula is C8H11F2N3O3. The number of nitrogens with zero attached hydrogens (tertiary/aromatic N) is 3. The van der Waals surface area contributed by atoms with Gasteiger partial charge in [-0.2, -0.15) is 0 Å². The molecule has 0 radical (unpaired) electrons. The van der Waals surface area contributed by atoms with Crippen molar-refractivity contribution < 1.29 is 23.0 Å². The highest BCUT2D eigenvalue weighted by molar-refractivity contribution is 5.88. The molecule has 1 aromatic heterocycles. The molecule has 16 heavy (non-hydrogen) atoms. The molecule has 0 aromatic carbocycles. The number of rotatable bonds is 5. The topological polar surface area (TPSA) is 66.2 Å². The van der Waals surface area contributed by atoms with E-state index in [0.717, 1.165) is 4.68 Å². The number of methoxy groups -OCH3 is 2. The second-order valence-corrected chi connectivity index (χ2v) is 2.88. The Morgan fingerprint density at radius 1 is 1.50 bits per heavy atom. The second kappa shape index (κ2) is 5.50. The zero-order valence-corrected chi connectivity index (χ0v) is 8.81. The average Bonchev–Trinajstić information content (AvgIpc) is 2.61. The van der Waals surface area contributed by atoms with Crippen molar-refractivity contribution in [2.24, 2.45) is 0 Å². The van der Waals surface area contributed by atoms with Gasteiger partial charge in [0.15, 0.2) is 5.69 Å². The smallest absolute Gasteiger partial charge is 0.360 e. The molecule has 0 saturated heterocycles. The maximum atomic E-state index is 12.2. The minimum Gasteiger partial charge on any atom is -0.464 e. The Hall–Kier alpha value is -1.57. The van der Waals surface area contributed by atoms with E-state index in [-0.39, 0.29) is 18.0 Å². The molecule has 0 fully saturated rings. The Bertz CT molecular complexity index is 367. The van der Waals surface area contributed by atoms with Gasteiger partial charge in [-0.15, -0.1) is 5.10 Å². The van der Waals surface area contributed by atoms with Crippen LogP contribution in [0.3, 0.4) is 0 Å². The van der Waals surface area contributed by atoms with E-state index in [1.54, 1.807) is 0 Å². The number of ether oxygens (including phenoxy) is 2. The van der Waals surface area contributed by atoms with Crippen molar-refractivity contribution >= 4 is 5.97 Å². The summed E-state index contributed by atoms with van der Waals surface area (Å²) in [5, 5.41) is 6.93. The van der Waals surface area contributed by atoms with E-state index in [0.29, 0.717) is 0 Å². The fourth-order valence-corrected chi connectivity index (χ4v) is 1.14. The lowest BCUT2D eigenvalue weighted by Crippen LogP contribution is -2.14. The van der Waals surface area contributed by atoms with Crippen LogP contribution in [0, 0.1) is 0 Å².